The number of nitrogens with one attached hydrogen (secondary N) is 3. The van der Waals surface area contributed by atoms with Crippen LogP contribution < -0.4 is 16.2 Å². The second kappa shape index (κ2) is 6.26. The zero-order valence-corrected chi connectivity index (χ0v) is 8.90. The van der Waals surface area contributed by atoms with Gasteiger partial charge in [-0.2, -0.15) is 5.10 Å². The maximum absolute atomic E-state index is 11.2. The average molecular weight is 240 g/mol. The van der Waals surface area contributed by atoms with Crippen LogP contribution in [0, 0.1) is 0 Å². The Labute approximate surface area is 96.0 Å². The lowest BCUT2D eigenvalue weighted by Gasteiger charge is -2.05. The molecule has 1 aromatic heterocycles. The number of hydrogen-bond acceptors (Lipinski definition) is 4. The van der Waals surface area contributed by atoms with Gasteiger partial charge >= 0.3 is 12.0 Å². The van der Waals surface area contributed by atoms with Gasteiger partial charge in [-0.05, 0) is 12.5 Å². The molecule has 0 atom stereocenters. The van der Waals surface area contributed by atoms with Crippen molar-refractivity contribution >= 4 is 17.8 Å². The number of hydrogen-bond donors (Lipinski definition) is 4. The van der Waals surface area contributed by atoms with Gasteiger partial charge in [0.1, 0.15) is 0 Å². The molecule has 0 aromatic carbocycles. The van der Waals surface area contributed by atoms with E-state index in [0.717, 1.165) is 0 Å². The third kappa shape index (κ3) is 5.30. The number of urea groups is 1. The molecule has 2 amide bonds. The summed E-state index contributed by atoms with van der Waals surface area (Å²) >= 11 is 0. The van der Waals surface area contributed by atoms with Gasteiger partial charge in [-0.25, -0.2) is 9.89 Å². The fourth-order valence-electron chi connectivity index (χ4n) is 1.02. The van der Waals surface area contributed by atoms with Gasteiger partial charge in [0, 0.05) is 19.0 Å². The standard InChI is InChI=1S/C9H12N4O4/c14-7-4-3-6(12-13-7)11-9(17)10-5-1-2-8(15)16/h3-4H,1-2,5H2,(H,13,14)(H,15,16)(H2,10,11,12,17). The number of carbonyl (C=O) groups excluding carboxylic acids is 1. The van der Waals surface area contributed by atoms with Gasteiger partial charge in [0.25, 0.3) is 5.56 Å². The number of rotatable bonds is 5. The molecule has 0 aliphatic heterocycles. The summed E-state index contributed by atoms with van der Waals surface area (Å²) in [5.74, 6) is -0.699. The molecule has 0 saturated heterocycles. The molecule has 1 heterocycles. The van der Waals surface area contributed by atoms with Crippen LogP contribution in [0.2, 0.25) is 0 Å². The summed E-state index contributed by atoms with van der Waals surface area (Å²) in [5.41, 5.74) is -0.364. The van der Waals surface area contributed by atoms with Crippen LogP contribution >= 0.6 is 0 Å². The highest BCUT2D eigenvalue weighted by Gasteiger charge is 2.02. The van der Waals surface area contributed by atoms with E-state index in [4.69, 9.17) is 5.11 Å². The van der Waals surface area contributed by atoms with Crippen molar-refractivity contribution in [3.63, 3.8) is 0 Å². The van der Waals surface area contributed by atoms with Crippen LogP contribution in [-0.4, -0.2) is 33.8 Å². The summed E-state index contributed by atoms with van der Waals surface area (Å²) in [5, 5.41) is 18.9. The number of H-pyrrole nitrogens is 1. The molecule has 1 rings (SSSR count). The first kappa shape index (κ1) is 12.7. The lowest BCUT2D eigenvalue weighted by atomic mass is 10.3. The minimum absolute atomic E-state index is 0.00279. The molecule has 1 aromatic rings. The number of anilines is 1. The van der Waals surface area contributed by atoms with Crippen LogP contribution in [0.25, 0.3) is 0 Å². The smallest absolute Gasteiger partial charge is 0.320 e. The summed E-state index contributed by atoms with van der Waals surface area (Å²) in [6.45, 7) is 0.251. The average Bonchev–Trinajstić information content (AvgIpc) is 2.27. The Morgan fingerprint density at radius 2 is 2.18 bits per heavy atom. The van der Waals surface area contributed by atoms with Crippen molar-refractivity contribution < 1.29 is 14.7 Å². The zero-order chi connectivity index (χ0) is 12.7. The molecule has 0 aliphatic carbocycles. The molecule has 17 heavy (non-hydrogen) atoms. The van der Waals surface area contributed by atoms with Crippen LogP contribution in [-0.2, 0) is 4.79 Å². The van der Waals surface area contributed by atoms with Crippen LogP contribution in [0.3, 0.4) is 0 Å². The molecular weight excluding hydrogens is 228 g/mol. The monoisotopic (exact) mass is 240 g/mol. The van der Waals surface area contributed by atoms with Gasteiger partial charge in [-0.3, -0.25) is 14.9 Å². The molecule has 0 bridgehead atoms. The number of nitrogens with zero attached hydrogens (tertiary/aromatic N) is 1. The lowest BCUT2D eigenvalue weighted by Crippen LogP contribution is -2.30. The summed E-state index contributed by atoms with van der Waals surface area (Å²) in [4.78, 5) is 32.1. The Morgan fingerprint density at radius 3 is 2.76 bits per heavy atom. The first-order valence-electron chi connectivity index (χ1n) is 4.90. The van der Waals surface area contributed by atoms with E-state index in [1.807, 2.05) is 0 Å². The Balaban J connectivity index is 2.27. The fraction of sp³-hybridized carbons (Fsp3) is 0.333. The first-order chi connectivity index (χ1) is 8.08. The molecule has 8 heteroatoms. The van der Waals surface area contributed by atoms with Gasteiger partial charge in [0.2, 0.25) is 0 Å². The maximum atomic E-state index is 11.2. The zero-order valence-electron chi connectivity index (χ0n) is 8.90. The first-order valence-corrected chi connectivity index (χ1v) is 4.90. The van der Waals surface area contributed by atoms with Crippen molar-refractivity contribution in [2.75, 3.05) is 11.9 Å². The molecular formula is C9H12N4O4. The molecule has 0 saturated carbocycles. The molecule has 0 spiro atoms. The maximum Gasteiger partial charge on any atom is 0.320 e. The van der Waals surface area contributed by atoms with Crippen molar-refractivity contribution in [1.82, 2.24) is 15.5 Å². The van der Waals surface area contributed by atoms with Crippen LogP contribution in [0.4, 0.5) is 10.6 Å². The van der Waals surface area contributed by atoms with Gasteiger partial charge in [0.05, 0.1) is 0 Å². The second-order valence-electron chi connectivity index (χ2n) is 3.18. The van der Waals surface area contributed by atoms with Crippen molar-refractivity contribution in [2.24, 2.45) is 0 Å². The summed E-state index contributed by atoms with van der Waals surface area (Å²) in [7, 11) is 0. The van der Waals surface area contributed by atoms with Crippen molar-refractivity contribution in [1.29, 1.82) is 0 Å². The number of aliphatic carboxylic acids is 1. The topological polar surface area (TPSA) is 124 Å². The largest absolute Gasteiger partial charge is 0.481 e. The van der Waals surface area contributed by atoms with Gasteiger partial charge < -0.3 is 10.4 Å². The number of amides is 2. The van der Waals surface area contributed by atoms with E-state index in [2.05, 4.69) is 20.8 Å². The van der Waals surface area contributed by atoms with Gasteiger partial charge in [-0.15, -0.1) is 0 Å². The molecule has 0 unspecified atom stereocenters. The van der Waals surface area contributed by atoms with Crippen molar-refractivity contribution in [3.05, 3.63) is 22.5 Å². The summed E-state index contributed by atoms with van der Waals surface area (Å²) < 4.78 is 0. The van der Waals surface area contributed by atoms with Crippen molar-refractivity contribution in [3.8, 4) is 0 Å². The van der Waals surface area contributed by atoms with E-state index in [0.29, 0.717) is 6.42 Å². The second-order valence-corrected chi connectivity index (χ2v) is 3.18. The summed E-state index contributed by atoms with van der Waals surface area (Å²) in [6, 6.07) is 2.08. The molecule has 8 nitrogen and oxygen atoms in total. The summed E-state index contributed by atoms with van der Waals surface area (Å²) in [6.07, 6.45) is 0.346. The Bertz CT molecular complexity index is 436. The van der Waals surface area contributed by atoms with E-state index in [9.17, 15) is 14.4 Å². The number of aromatic nitrogens is 2. The molecule has 4 N–H and O–H groups in total. The van der Waals surface area contributed by atoms with E-state index in [-0.39, 0.29) is 24.3 Å². The quantitative estimate of drug-likeness (QED) is 0.528. The highest BCUT2D eigenvalue weighted by atomic mass is 16.4. The van der Waals surface area contributed by atoms with E-state index >= 15 is 0 Å². The van der Waals surface area contributed by atoms with Crippen LogP contribution in [0.5, 0.6) is 0 Å². The molecule has 0 aliphatic rings. The normalized spacial score (nSPS) is 9.65. The SMILES string of the molecule is O=C(O)CCCNC(=O)Nc1ccc(=O)[nH]n1. The van der Waals surface area contributed by atoms with Gasteiger partial charge in [0.15, 0.2) is 5.82 Å². The van der Waals surface area contributed by atoms with E-state index < -0.39 is 12.0 Å². The molecule has 0 radical (unpaired) electrons. The molecule has 92 valence electrons. The Morgan fingerprint density at radius 1 is 1.41 bits per heavy atom. The third-order valence-corrected chi connectivity index (χ3v) is 1.77. The minimum Gasteiger partial charge on any atom is -0.481 e. The fourth-order valence-corrected chi connectivity index (χ4v) is 1.02. The third-order valence-electron chi connectivity index (χ3n) is 1.77. The number of carboxylic acids is 1. The Hall–Kier alpha value is -2.38. The highest BCUT2D eigenvalue weighted by molar-refractivity contribution is 5.87. The van der Waals surface area contributed by atoms with Gasteiger partial charge in [-0.1, -0.05) is 0 Å². The predicted molar refractivity (Wildman–Crippen MR) is 58.7 cm³/mol. The predicted octanol–water partition coefficient (Wildman–Crippen LogP) is -0.244. The van der Waals surface area contributed by atoms with E-state index in [1.54, 1.807) is 0 Å². The number of carboxylic acid groups (broad SMARTS) is 1. The van der Waals surface area contributed by atoms with Crippen LogP contribution in [0.1, 0.15) is 12.8 Å². The van der Waals surface area contributed by atoms with Crippen LogP contribution in [0.15, 0.2) is 16.9 Å². The van der Waals surface area contributed by atoms with E-state index in [1.165, 1.54) is 12.1 Å². The number of carbonyl (C=O) groups is 2. The highest BCUT2D eigenvalue weighted by Crippen LogP contribution is 1.95. The van der Waals surface area contributed by atoms with Crippen molar-refractivity contribution in [2.45, 2.75) is 12.8 Å². The lowest BCUT2D eigenvalue weighted by molar-refractivity contribution is -0.137. The molecule has 0 fully saturated rings. The Kier molecular flexibility index (Phi) is 4.67. The minimum atomic E-state index is -0.908. The number of aromatic amines is 1.